The number of benzene rings is 2. The van der Waals surface area contributed by atoms with Crippen molar-refractivity contribution in [1.29, 1.82) is 5.26 Å². The van der Waals surface area contributed by atoms with Gasteiger partial charge in [-0.25, -0.2) is 9.78 Å². The van der Waals surface area contributed by atoms with E-state index in [-0.39, 0.29) is 5.97 Å². The molecule has 0 unspecified atom stereocenters. The van der Waals surface area contributed by atoms with Crippen molar-refractivity contribution >= 4 is 44.5 Å². The summed E-state index contributed by atoms with van der Waals surface area (Å²) in [5.74, 6) is -0.338. The number of ether oxygens (including phenoxy) is 1. The molecule has 0 aliphatic rings. The van der Waals surface area contributed by atoms with Gasteiger partial charge in [0, 0.05) is 27.3 Å². The zero-order valence-corrected chi connectivity index (χ0v) is 18.1. The number of hydrogen-bond acceptors (Lipinski definition) is 6. The highest BCUT2D eigenvalue weighted by Crippen LogP contribution is 2.27. The summed E-state index contributed by atoms with van der Waals surface area (Å²) in [5.41, 5.74) is 3.49. The lowest BCUT2D eigenvalue weighted by molar-refractivity contribution is 0.0505. The van der Waals surface area contributed by atoms with E-state index in [4.69, 9.17) is 4.74 Å². The lowest BCUT2D eigenvalue weighted by atomic mass is 10.2. The number of carbonyl (C=O) groups is 1. The summed E-state index contributed by atoms with van der Waals surface area (Å²) in [4.78, 5) is 16.4. The average Bonchev–Trinajstić information content (AvgIpc) is 3.23. The first-order valence-electron chi connectivity index (χ1n) is 8.96. The largest absolute Gasteiger partial charge is 0.462 e. The molecule has 0 aliphatic carbocycles. The van der Waals surface area contributed by atoms with E-state index in [1.165, 1.54) is 11.3 Å². The van der Waals surface area contributed by atoms with E-state index in [9.17, 15) is 10.1 Å². The van der Waals surface area contributed by atoms with E-state index >= 15 is 0 Å². The number of hydrogen-bond donors (Lipinski definition) is 1. The van der Waals surface area contributed by atoms with Crippen LogP contribution in [0.15, 0.2) is 64.6 Å². The van der Waals surface area contributed by atoms with E-state index in [2.05, 4.69) is 32.3 Å². The van der Waals surface area contributed by atoms with Gasteiger partial charge in [0.2, 0.25) is 0 Å². The minimum Gasteiger partial charge on any atom is -0.462 e. The molecule has 3 rings (SSSR count). The molecule has 0 spiro atoms. The second kappa shape index (κ2) is 10.0. The van der Waals surface area contributed by atoms with Gasteiger partial charge in [-0.15, -0.1) is 11.3 Å². The van der Waals surface area contributed by atoms with Crippen LogP contribution in [0.1, 0.15) is 28.7 Å². The Morgan fingerprint density at radius 3 is 2.79 bits per heavy atom. The molecule has 7 heteroatoms. The van der Waals surface area contributed by atoms with Crippen LogP contribution in [0, 0.1) is 11.3 Å². The molecule has 1 N–H and O–H groups in total. The SMILES string of the molecule is CCCOC(=O)c1ccc(N/C=C(\C#N)c2nc(-c3cccc(Br)c3)cs2)cc1. The van der Waals surface area contributed by atoms with Crippen LogP contribution < -0.4 is 5.32 Å². The Balaban J connectivity index is 1.71. The van der Waals surface area contributed by atoms with E-state index in [0.29, 0.717) is 22.8 Å². The van der Waals surface area contributed by atoms with E-state index in [1.807, 2.05) is 36.6 Å². The number of nitrogens with one attached hydrogen (secondary N) is 1. The molecule has 1 heterocycles. The van der Waals surface area contributed by atoms with Crippen molar-refractivity contribution < 1.29 is 9.53 Å². The van der Waals surface area contributed by atoms with Crippen molar-refractivity contribution in [1.82, 2.24) is 4.98 Å². The van der Waals surface area contributed by atoms with Crippen LogP contribution in [0.25, 0.3) is 16.8 Å². The zero-order chi connectivity index (χ0) is 20.6. The van der Waals surface area contributed by atoms with Crippen LogP contribution in [-0.4, -0.2) is 17.6 Å². The van der Waals surface area contributed by atoms with Crippen LogP contribution in [0.2, 0.25) is 0 Å². The summed E-state index contributed by atoms with van der Waals surface area (Å²) >= 11 is 4.87. The highest BCUT2D eigenvalue weighted by atomic mass is 79.9. The second-order valence-corrected chi connectivity index (χ2v) is 7.85. The number of thiazole rings is 1. The van der Waals surface area contributed by atoms with Crippen LogP contribution in [0.3, 0.4) is 0 Å². The van der Waals surface area contributed by atoms with Gasteiger partial charge < -0.3 is 10.1 Å². The molecule has 0 atom stereocenters. The molecule has 146 valence electrons. The molecule has 0 aliphatic heterocycles. The fraction of sp³-hybridized carbons (Fsp3) is 0.136. The Bertz CT molecular complexity index is 1070. The standard InChI is InChI=1S/C22H18BrN3O2S/c1-2-10-28-22(27)15-6-8-19(9-7-15)25-13-17(12-24)21-26-20(14-29-21)16-4-3-5-18(23)11-16/h3-9,11,13-14,25H,2,10H2,1H3/b17-13+. The number of allylic oxidation sites excluding steroid dienone is 1. The zero-order valence-electron chi connectivity index (χ0n) is 15.7. The number of halogens is 1. The van der Waals surface area contributed by atoms with Crippen LogP contribution in [0.4, 0.5) is 5.69 Å². The van der Waals surface area contributed by atoms with E-state index in [0.717, 1.165) is 27.8 Å². The number of aromatic nitrogens is 1. The Kier molecular flexibility index (Phi) is 7.17. The van der Waals surface area contributed by atoms with Gasteiger partial charge in [-0.1, -0.05) is 35.0 Å². The molecule has 1 aromatic heterocycles. The Hall–Kier alpha value is -2.95. The van der Waals surface area contributed by atoms with E-state index < -0.39 is 0 Å². The second-order valence-electron chi connectivity index (χ2n) is 6.08. The third-order valence-electron chi connectivity index (χ3n) is 3.92. The molecule has 2 aromatic carbocycles. The molecule has 0 amide bonds. The van der Waals surface area contributed by atoms with Gasteiger partial charge in [-0.05, 0) is 42.8 Å². The molecular weight excluding hydrogens is 450 g/mol. The predicted molar refractivity (Wildman–Crippen MR) is 119 cm³/mol. The highest BCUT2D eigenvalue weighted by Gasteiger charge is 2.10. The smallest absolute Gasteiger partial charge is 0.338 e. The van der Waals surface area contributed by atoms with Gasteiger partial charge in [0.15, 0.2) is 0 Å². The monoisotopic (exact) mass is 467 g/mol. The summed E-state index contributed by atoms with van der Waals surface area (Å²) in [5, 5.41) is 15.2. The quantitative estimate of drug-likeness (QED) is 0.334. The summed E-state index contributed by atoms with van der Waals surface area (Å²) in [6.07, 6.45) is 2.40. The minimum atomic E-state index is -0.338. The Morgan fingerprint density at radius 2 is 2.10 bits per heavy atom. The first-order chi connectivity index (χ1) is 14.1. The van der Waals surface area contributed by atoms with Gasteiger partial charge in [0.25, 0.3) is 0 Å². The molecule has 0 fully saturated rings. The summed E-state index contributed by atoms with van der Waals surface area (Å²) in [6.45, 7) is 2.35. The van der Waals surface area contributed by atoms with Gasteiger partial charge in [-0.3, -0.25) is 0 Å². The number of rotatable bonds is 7. The highest BCUT2D eigenvalue weighted by molar-refractivity contribution is 9.10. The normalized spacial score (nSPS) is 11.0. The lowest BCUT2D eigenvalue weighted by Crippen LogP contribution is -2.05. The lowest BCUT2D eigenvalue weighted by Gasteiger charge is -2.05. The summed E-state index contributed by atoms with van der Waals surface area (Å²) in [7, 11) is 0. The van der Waals surface area contributed by atoms with E-state index in [1.54, 1.807) is 30.5 Å². The van der Waals surface area contributed by atoms with Crippen LogP contribution in [-0.2, 0) is 4.74 Å². The molecule has 0 saturated carbocycles. The average molecular weight is 468 g/mol. The summed E-state index contributed by atoms with van der Waals surface area (Å²) in [6, 6.07) is 17.0. The first kappa shape index (κ1) is 20.8. The topological polar surface area (TPSA) is 75.0 Å². The van der Waals surface area contributed by atoms with Crippen molar-refractivity contribution in [2.75, 3.05) is 11.9 Å². The van der Waals surface area contributed by atoms with Crippen molar-refractivity contribution in [3.63, 3.8) is 0 Å². The molecule has 29 heavy (non-hydrogen) atoms. The third kappa shape index (κ3) is 5.53. The molecule has 5 nitrogen and oxygen atoms in total. The van der Waals surface area contributed by atoms with Crippen LogP contribution in [0.5, 0.6) is 0 Å². The molecular formula is C22H18BrN3O2S. The molecule has 0 bridgehead atoms. The maximum absolute atomic E-state index is 11.8. The van der Waals surface area contributed by atoms with Crippen molar-refractivity contribution in [2.24, 2.45) is 0 Å². The van der Waals surface area contributed by atoms with Gasteiger partial charge in [0.05, 0.1) is 17.9 Å². The van der Waals surface area contributed by atoms with Gasteiger partial charge in [-0.2, -0.15) is 5.26 Å². The minimum absolute atomic E-state index is 0.338. The molecule has 3 aromatic rings. The molecule has 0 saturated heterocycles. The summed E-state index contributed by atoms with van der Waals surface area (Å²) < 4.78 is 6.09. The molecule has 0 radical (unpaired) electrons. The predicted octanol–water partition coefficient (Wildman–Crippen LogP) is 6.12. The fourth-order valence-corrected chi connectivity index (χ4v) is 3.65. The van der Waals surface area contributed by atoms with Gasteiger partial charge in [0.1, 0.15) is 16.6 Å². The number of anilines is 1. The van der Waals surface area contributed by atoms with Crippen molar-refractivity contribution in [3.05, 3.63) is 75.2 Å². The Morgan fingerprint density at radius 1 is 1.31 bits per heavy atom. The first-order valence-corrected chi connectivity index (χ1v) is 10.6. The number of nitrogens with zero attached hydrogens (tertiary/aromatic N) is 2. The van der Waals surface area contributed by atoms with Crippen LogP contribution >= 0.6 is 27.3 Å². The maximum Gasteiger partial charge on any atom is 0.338 e. The Labute approximate surface area is 181 Å². The van der Waals surface area contributed by atoms with Gasteiger partial charge >= 0.3 is 5.97 Å². The number of nitriles is 1. The van der Waals surface area contributed by atoms with Crippen molar-refractivity contribution in [3.8, 4) is 17.3 Å². The number of esters is 1. The fourth-order valence-electron chi connectivity index (χ4n) is 2.46. The van der Waals surface area contributed by atoms with Crippen molar-refractivity contribution in [2.45, 2.75) is 13.3 Å². The third-order valence-corrected chi connectivity index (χ3v) is 5.29. The maximum atomic E-state index is 11.8. The number of carbonyl (C=O) groups excluding carboxylic acids is 1.